The number of aromatic carboxylic acids is 1. The summed E-state index contributed by atoms with van der Waals surface area (Å²) in [6.07, 6.45) is 1.42. The zero-order chi connectivity index (χ0) is 14.9. The fraction of sp³-hybridized carbons (Fsp3) is 0.462. The van der Waals surface area contributed by atoms with Crippen LogP contribution in [0.5, 0.6) is 0 Å². The van der Waals surface area contributed by atoms with Gasteiger partial charge >= 0.3 is 5.97 Å². The lowest BCUT2D eigenvalue weighted by atomic mass is 10.1. The average Bonchev–Trinajstić information content (AvgIpc) is 2.64. The number of aryl methyl sites for hydroxylation is 2. The molecule has 0 bridgehead atoms. The molecule has 0 fully saturated rings. The number of carboxylic acid groups (broad SMARTS) is 1. The molecule has 1 unspecified atom stereocenters. The van der Waals surface area contributed by atoms with Crippen LogP contribution in [0.2, 0.25) is 0 Å². The molecule has 2 heterocycles. The van der Waals surface area contributed by atoms with Crippen LogP contribution < -0.4 is 5.32 Å². The van der Waals surface area contributed by atoms with Gasteiger partial charge < -0.3 is 15.5 Å². The van der Waals surface area contributed by atoms with E-state index in [0.717, 1.165) is 5.69 Å². The van der Waals surface area contributed by atoms with Crippen molar-refractivity contribution in [3.8, 4) is 0 Å². The van der Waals surface area contributed by atoms with E-state index in [1.165, 1.54) is 6.20 Å². The Labute approximate surface area is 116 Å². The summed E-state index contributed by atoms with van der Waals surface area (Å²) >= 11 is 0. The number of hydrogen-bond donors (Lipinski definition) is 3. The Morgan fingerprint density at radius 1 is 1.55 bits per heavy atom. The standard InChI is InChI=1S/C13H18N4O3/c1-7(18)4-5-14-11-9(13(19)20)6-15-12-10(11)8(2)16-17(12)3/h6-7,18H,4-5H2,1-3H3,(H,14,15)(H,19,20). The van der Waals surface area contributed by atoms with Gasteiger partial charge in [0.05, 0.1) is 22.9 Å². The van der Waals surface area contributed by atoms with Gasteiger partial charge in [-0.25, -0.2) is 9.78 Å². The minimum absolute atomic E-state index is 0.110. The Balaban J connectivity index is 2.51. The Bertz CT molecular complexity index is 649. The van der Waals surface area contributed by atoms with Crippen LogP contribution in [0.4, 0.5) is 5.69 Å². The van der Waals surface area contributed by atoms with Gasteiger partial charge in [-0.3, -0.25) is 4.68 Å². The van der Waals surface area contributed by atoms with E-state index in [1.54, 1.807) is 18.7 Å². The lowest BCUT2D eigenvalue weighted by molar-refractivity contribution is 0.0697. The van der Waals surface area contributed by atoms with Gasteiger partial charge in [-0.2, -0.15) is 5.10 Å². The number of nitrogens with one attached hydrogen (secondary N) is 1. The molecule has 1 atom stereocenters. The zero-order valence-corrected chi connectivity index (χ0v) is 11.7. The van der Waals surface area contributed by atoms with Gasteiger partial charge in [-0.05, 0) is 20.3 Å². The lowest BCUT2D eigenvalue weighted by Gasteiger charge is -2.12. The minimum Gasteiger partial charge on any atom is -0.478 e. The first-order chi connectivity index (χ1) is 9.41. The van der Waals surface area contributed by atoms with E-state index >= 15 is 0 Å². The molecule has 0 radical (unpaired) electrons. The molecular formula is C13H18N4O3. The van der Waals surface area contributed by atoms with E-state index in [0.29, 0.717) is 29.7 Å². The van der Waals surface area contributed by atoms with Crippen molar-refractivity contribution in [2.45, 2.75) is 26.4 Å². The van der Waals surface area contributed by atoms with Gasteiger partial charge in [0.15, 0.2) is 5.65 Å². The van der Waals surface area contributed by atoms with Gasteiger partial charge in [0.2, 0.25) is 0 Å². The molecule has 3 N–H and O–H groups in total. The summed E-state index contributed by atoms with van der Waals surface area (Å²) in [5.74, 6) is -1.04. The van der Waals surface area contributed by atoms with Gasteiger partial charge in [0.25, 0.3) is 0 Å². The maximum atomic E-state index is 11.3. The number of nitrogens with zero attached hydrogens (tertiary/aromatic N) is 3. The van der Waals surface area contributed by atoms with Gasteiger partial charge in [0, 0.05) is 19.8 Å². The second kappa shape index (κ2) is 5.46. The van der Waals surface area contributed by atoms with Crippen LogP contribution in [0.25, 0.3) is 11.0 Å². The monoisotopic (exact) mass is 278 g/mol. The van der Waals surface area contributed by atoms with Crippen molar-refractivity contribution in [2.24, 2.45) is 7.05 Å². The van der Waals surface area contributed by atoms with E-state index in [9.17, 15) is 15.0 Å². The molecule has 0 aliphatic rings. The molecule has 2 aromatic rings. The molecule has 0 aliphatic carbocycles. The van der Waals surface area contributed by atoms with Crippen molar-refractivity contribution in [3.05, 3.63) is 17.5 Å². The summed E-state index contributed by atoms with van der Waals surface area (Å²) in [7, 11) is 1.77. The van der Waals surface area contributed by atoms with Crippen molar-refractivity contribution in [1.29, 1.82) is 0 Å². The Hall–Kier alpha value is -2.15. The highest BCUT2D eigenvalue weighted by Gasteiger charge is 2.19. The maximum absolute atomic E-state index is 11.3. The van der Waals surface area contributed by atoms with Crippen molar-refractivity contribution in [2.75, 3.05) is 11.9 Å². The van der Waals surface area contributed by atoms with Gasteiger partial charge in [0.1, 0.15) is 5.56 Å². The highest BCUT2D eigenvalue weighted by molar-refractivity contribution is 6.04. The minimum atomic E-state index is -1.04. The second-order valence-corrected chi connectivity index (χ2v) is 4.82. The number of hydrogen-bond acceptors (Lipinski definition) is 5. The first kappa shape index (κ1) is 14.3. The molecule has 2 rings (SSSR count). The predicted molar refractivity (Wildman–Crippen MR) is 75.0 cm³/mol. The van der Waals surface area contributed by atoms with Crippen LogP contribution in [0.15, 0.2) is 6.20 Å². The van der Waals surface area contributed by atoms with Crippen LogP contribution >= 0.6 is 0 Å². The molecule has 0 amide bonds. The molecule has 0 saturated heterocycles. The lowest BCUT2D eigenvalue weighted by Crippen LogP contribution is -2.13. The normalized spacial score (nSPS) is 12.6. The molecule has 0 spiro atoms. The molecule has 7 heteroatoms. The van der Waals surface area contributed by atoms with E-state index in [1.807, 2.05) is 6.92 Å². The van der Waals surface area contributed by atoms with Crippen LogP contribution in [-0.4, -0.2) is 43.6 Å². The summed E-state index contributed by atoms with van der Waals surface area (Å²) in [4.78, 5) is 15.5. The SMILES string of the molecule is Cc1nn(C)c2ncc(C(=O)O)c(NCCC(C)O)c12. The quantitative estimate of drug-likeness (QED) is 0.758. The summed E-state index contributed by atoms with van der Waals surface area (Å²) in [6.45, 7) is 3.98. The number of pyridine rings is 1. The molecule has 7 nitrogen and oxygen atoms in total. The summed E-state index contributed by atoms with van der Waals surface area (Å²) < 4.78 is 1.62. The molecule has 0 saturated carbocycles. The van der Waals surface area contributed by atoms with Crippen LogP contribution in [0, 0.1) is 6.92 Å². The molecular weight excluding hydrogens is 260 g/mol. The third-order valence-corrected chi connectivity index (χ3v) is 3.12. The predicted octanol–water partition coefficient (Wildman–Crippen LogP) is 1.16. The summed E-state index contributed by atoms with van der Waals surface area (Å²) in [5.41, 5.74) is 1.97. The van der Waals surface area contributed by atoms with Crippen LogP contribution in [-0.2, 0) is 7.05 Å². The third-order valence-electron chi connectivity index (χ3n) is 3.12. The topological polar surface area (TPSA) is 100 Å². The summed E-state index contributed by atoms with van der Waals surface area (Å²) in [6, 6.07) is 0. The number of carboxylic acids is 1. The number of rotatable bonds is 5. The zero-order valence-electron chi connectivity index (χ0n) is 11.7. The number of aliphatic hydroxyl groups is 1. The second-order valence-electron chi connectivity index (χ2n) is 4.82. The van der Waals surface area contributed by atoms with E-state index in [2.05, 4.69) is 15.4 Å². The Morgan fingerprint density at radius 3 is 2.85 bits per heavy atom. The maximum Gasteiger partial charge on any atom is 0.339 e. The fourth-order valence-electron chi connectivity index (χ4n) is 2.16. The average molecular weight is 278 g/mol. The Kier molecular flexibility index (Phi) is 3.89. The van der Waals surface area contributed by atoms with Crippen molar-refractivity contribution < 1.29 is 15.0 Å². The molecule has 108 valence electrons. The molecule has 20 heavy (non-hydrogen) atoms. The van der Waals surface area contributed by atoms with Crippen molar-refractivity contribution >= 4 is 22.7 Å². The van der Waals surface area contributed by atoms with E-state index in [-0.39, 0.29) is 5.56 Å². The molecule has 0 aliphatic heterocycles. The van der Waals surface area contributed by atoms with Crippen molar-refractivity contribution in [1.82, 2.24) is 14.8 Å². The smallest absolute Gasteiger partial charge is 0.339 e. The van der Waals surface area contributed by atoms with Crippen LogP contribution in [0.3, 0.4) is 0 Å². The van der Waals surface area contributed by atoms with Gasteiger partial charge in [-0.1, -0.05) is 0 Å². The molecule has 0 aromatic carbocycles. The number of carbonyl (C=O) groups is 1. The number of fused-ring (bicyclic) bond motifs is 1. The Morgan fingerprint density at radius 2 is 2.25 bits per heavy atom. The highest BCUT2D eigenvalue weighted by Crippen LogP contribution is 2.28. The number of anilines is 1. The first-order valence-corrected chi connectivity index (χ1v) is 6.39. The largest absolute Gasteiger partial charge is 0.478 e. The fourth-order valence-corrected chi connectivity index (χ4v) is 2.16. The van der Waals surface area contributed by atoms with Crippen LogP contribution in [0.1, 0.15) is 29.4 Å². The summed E-state index contributed by atoms with van der Waals surface area (Å²) in [5, 5.41) is 26.6. The van der Waals surface area contributed by atoms with E-state index < -0.39 is 12.1 Å². The van der Waals surface area contributed by atoms with Crippen molar-refractivity contribution in [3.63, 3.8) is 0 Å². The van der Waals surface area contributed by atoms with E-state index in [4.69, 9.17) is 0 Å². The van der Waals surface area contributed by atoms with Gasteiger partial charge in [-0.15, -0.1) is 0 Å². The highest BCUT2D eigenvalue weighted by atomic mass is 16.4. The molecule has 2 aromatic heterocycles. The first-order valence-electron chi connectivity index (χ1n) is 6.39. The number of aliphatic hydroxyl groups excluding tert-OH is 1. The third kappa shape index (κ3) is 2.57. The number of aromatic nitrogens is 3.